The summed E-state index contributed by atoms with van der Waals surface area (Å²) in [5, 5.41) is 0.764. The average molecular weight is 422 g/mol. The Bertz CT molecular complexity index is 1130. The lowest BCUT2D eigenvalue weighted by molar-refractivity contribution is 0.163. The van der Waals surface area contributed by atoms with E-state index in [0.717, 1.165) is 50.3 Å². The Morgan fingerprint density at radius 3 is 2.42 bits per heavy atom. The van der Waals surface area contributed by atoms with Crippen molar-refractivity contribution in [2.45, 2.75) is 38.0 Å². The normalized spacial score (nSPS) is 18.6. The molecule has 1 saturated carbocycles. The maximum atomic E-state index is 14.7. The Labute approximate surface area is 181 Å². The van der Waals surface area contributed by atoms with Crippen molar-refractivity contribution in [2.24, 2.45) is 5.92 Å². The predicted molar refractivity (Wildman–Crippen MR) is 117 cm³/mol. The monoisotopic (exact) mass is 422 g/mol. The first-order chi connectivity index (χ1) is 15.0. The molecule has 0 aliphatic heterocycles. The summed E-state index contributed by atoms with van der Waals surface area (Å²) in [6.07, 6.45) is 5.57. The van der Waals surface area contributed by atoms with E-state index in [1.54, 1.807) is 31.4 Å². The van der Waals surface area contributed by atoms with E-state index in [4.69, 9.17) is 4.74 Å². The minimum absolute atomic E-state index is 0.207. The quantitative estimate of drug-likeness (QED) is 0.413. The fraction of sp³-hybridized carbons (Fsp3) is 0.333. The van der Waals surface area contributed by atoms with Gasteiger partial charge in [-0.2, -0.15) is 0 Å². The third kappa shape index (κ3) is 4.94. The second-order valence-corrected chi connectivity index (χ2v) is 8.29. The lowest BCUT2D eigenvalue weighted by Gasteiger charge is -2.28. The minimum atomic E-state index is -0.878. The van der Waals surface area contributed by atoms with Gasteiger partial charge in [-0.25, -0.2) is 13.2 Å². The molecule has 1 aliphatic rings. The maximum absolute atomic E-state index is 14.7. The molecule has 1 aliphatic carbocycles. The van der Waals surface area contributed by atoms with Crippen LogP contribution >= 0.6 is 0 Å². The Balaban J connectivity index is 1.47. The summed E-state index contributed by atoms with van der Waals surface area (Å²) >= 11 is 0. The van der Waals surface area contributed by atoms with Crippen LogP contribution in [0.4, 0.5) is 13.2 Å². The van der Waals surface area contributed by atoms with Crippen LogP contribution in [0.5, 0.6) is 0 Å². The number of methoxy groups -OCH3 is 1. The van der Waals surface area contributed by atoms with Crippen molar-refractivity contribution in [1.82, 2.24) is 0 Å². The van der Waals surface area contributed by atoms with E-state index in [1.807, 2.05) is 6.07 Å². The molecule has 160 valence electrons. The summed E-state index contributed by atoms with van der Waals surface area (Å²) in [5.41, 5.74) is 2.00. The summed E-state index contributed by atoms with van der Waals surface area (Å²) in [4.78, 5) is 0. The second kappa shape index (κ2) is 9.58. The molecule has 0 heterocycles. The molecule has 1 fully saturated rings. The van der Waals surface area contributed by atoms with Crippen LogP contribution in [-0.2, 0) is 4.74 Å². The third-order valence-electron chi connectivity index (χ3n) is 6.29. The van der Waals surface area contributed by atoms with E-state index in [-0.39, 0.29) is 11.2 Å². The summed E-state index contributed by atoms with van der Waals surface area (Å²) in [7, 11) is 1.74. The predicted octanol–water partition coefficient (Wildman–Crippen LogP) is 6.97. The smallest absolute Gasteiger partial charge is 0.166 e. The van der Waals surface area contributed by atoms with E-state index in [9.17, 15) is 13.2 Å². The van der Waals surface area contributed by atoms with Crippen LogP contribution in [0.15, 0.2) is 48.5 Å². The van der Waals surface area contributed by atoms with Gasteiger partial charge in [0, 0.05) is 24.7 Å². The molecule has 0 amide bonds. The Hall–Kier alpha value is -2.77. The van der Waals surface area contributed by atoms with Crippen LogP contribution < -0.4 is 0 Å². The van der Waals surface area contributed by atoms with Gasteiger partial charge in [-0.1, -0.05) is 30.0 Å². The van der Waals surface area contributed by atoms with Crippen LogP contribution in [0, 0.1) is 35.2 Å². The lowest BCUT2D eigenvalue weighted by atomic mass is 9.77. The van der Waals surface area contributed by atoms with Crippen LogP contribution in [0.3, 0.4) is 0 Å². The van der Waals surface area contributed by atoms with Crippen molar-refractivity contribution in [3.8, 4) is 11.8 Å². The first kappa shape index (κ1) is 21.5. The van der Waals surface area contributed by atoms with Gasteiger partial charge in [-0.3, -0.25) is 0 Å². The van der Waals surface area contributed by atoms with Gasteiger partial charge < -0.3 is 4.74 Å². The van der Waals surface area contributed by atoms with E-state index in [0.29, 0.717) is 28.3 Å². The standard InChI is InChI=1S/C27H25F3O/c1-31-15-14-18-2-6-20(7-3-18)22-10-9-21(26(29)17-22)8-4-19-5-12-24-23(16-19)11-13-25(28)27(24)30/h5,9-13,16-18,20H,2-3,6-7,14-15H2,1H3. The van der Waals surface area contributed by atoms with Crippen molar-refractivity contribution in [3.05, 3.63) is 82.7 Å². The van der Waals surface area contributed by atoms with Gasteiger partial charge in [0.25, 0.3) is 0 Å². The molecule has 0 atom stereocenters. The highest BCUT2D eigenvalue weighted by Crippen LogP contribution is 2.37. The lowest BCUT2D eigenvalue weighted by Crippen LogP contribution is -2.15. The Morgan fingerprint density at radius 1 is 0.871 bits per heavy atom. The van der Waals surface area contributed by atoms with Crippen molar-refractivity contribution in [3.63, 3.8) is 0 Å². The summed E-state index contributed by atoms with van der Waals surface area (Å²) in [5.74, 6) is 4.84. The van der Waals surface area contributed by atoms with Crippen molar-refractivity contribution >= 4 is 10.8 Å². The Morgan fingerprint density at radius 2 is 1.68 bits per heavy atom. The van der Waals surface area contributed by atoms with Gasteiger partial charge in [0.2, 0.25) is 0 Å². The fourth-order valence-electron chi connectivity index (χ4n) is 4.44. The molecule has 3 aromatic carbocycles. The molecule has 3 aromatic rings. The molecule has 0 unspecified atom stereocenters. The number of rotatable bonds is 4. The molecule has 4 heteroatoms. The van der Waals surface area contributed by atoms with Gasteiger partial charge in [0.05, 0.1) is 5.56 Å². The van der Waals surface area contributed by atoms with E-state index in [1.165, 1.54) is 12.1 Å². The SMILES string of the molecule is COCCC1CCC(c2ccc(C#Cc3ccc4c(F)c(F)ccc4c3)c(F)c2)CC1. The number of hydrogen-bond acceptors (Lipinski definition) is 1. The van der Waals surface area contributed by atoms with Crippen LogP contribution in [0.1, 0.15) is 54.7 Å². The zero-order chi connectivity index (χ0) is 21.8. The fourth-order valence-corrected chi connectivity index (χ4v) is 4.44. The molecule has 1 nitrogen and oxygen atoms in total. The van der Waals surface area contributed by atoms with Gasteiger partial charge in [-0.05, 0) is 85.2 Å². The minimum Gasteiger partial charge on any atom is -0.385 e. The van der Waals surface area contributed by atoms with Crippen molar-refractivity contribution in [2.75, 3.05) is 13.7 Å². The maximum Gasteiger partial charge on any atom is 0.166 e. The number of halogens is 3. The zero-order valence-electron chi connectivity index (χ0n) is 17.6. The van der Waals surface area contributed by atoms with E-state index in [2.05, 4.69) is 11.8 Å². The molecule has 0 N–H and O–H groups in total. The molecule has 0 aromatic heterocycles. The van der Waals surface area contributed by atoms with Gasteiger partial charge >= 0.3 is 0 Å². The molecular weight excluding hydrogens is 397 g/mol. The van der Waals surface area contributed by atoms with Crippen molar-refractivity contribution in [1.29, 1.82) is 0 Å². The van der Waals surface area contributed by atoms with Crippen LogP contribution in [0.25, 0.3) is 10.8 Å². The highest BCUT2D eigenvalue weighted by molar-refractivity contribution is 5.84. The van der Waals surface area contributed by atoms with E-state index >= 15 is 0 Å². The molecule has 31 heavy (non-hydrogen) atoms. The molecule has 4 rings (SSSR count). The molecular formula is C27H25F3O. The summed E-state index contributed by atoms with van der Waals surface area (Å²) in [6.45, 7) is 0.806. The molecule has 0 spiro atoms. The third-order valence-corrected chi connectivity index (χ3v) is 6.29. The van der Waals surface area contributed by atoms with Crippen LogP contribution in [0.2, 0.25) is 0 Å². The first-order valence-corrected chi connectivity index (χ1v) is 10.7. The summed E-state index contributed by atoms with van der Waals surface area (Å²) in [6, 6.07) is 12.7. The topological polar surface area (TPSA) is 9.23 Å². The first-order valence-electron chi connectivity index (χ1n) is 10.7. The second-order valence-electron chi connectivity index (χ2n) is 8.29. The molecule has 0 saturated heterocycles. The van der Waals surface area contributed by atoms with Crippen molar-refractivity contribution < 1.29 is 17.9 Å². The number of hydrogen-bond donors (Lipinski definition) is 0. The van der Waals surface area contributed by atoms with Gasteiger partial charge in [-0.15, -0.1) is 0 Å². The largest absolute Gasteiger partial charge is 0.385 e. The highest BCUT2D eigenvalue weighted by atomic mass is 19.2. The highest BCUT2D eigenvalue weighted by Gasteiger charge is 2.22. The molecule has 0 radical (unpaired) electrons. The average Bonchev–Trinajstić information content (AvgIpc) is 2.79. The Kier molecular flexibility index (Phi) is 6.63. The molecule has 0 bridgehead atoms. The number of benzene rings is 3. The van der Waals surface area contributed by atoms with Crippen LogP contribution in [-0.4, -0.2) is 13.7 Å². The van der Waals surface area contributed by atoms with Gasteiger partial charge in [0.15, 0.2) is 11.6 Å². The van der Waals surface area contributed by atoms with E-state index < -0.39 is 11.6 Å². The number of fused-ring (bicyclic) bond motifs is 1. The number of ether oxygens (including phenoxy) is 1. The summed E-state index contributed by atoms with van der Waals surface area (Å²) < 4.78 is 47.1. The zero-order valence-corrected chi connectivity index (χ0v) is 17.6. The van der Waals surface area contributed by atoms with Gasteiger partial charge in [0.1, 0.15) is 5.82 Å².